The summed E-state index contributed by atoms with van der Waals surface area (Å²) in [5.41, 5.74) is 1.01. The molecule has 0 radical (unpaired) electrons. The standard InChI is InChI=1S/C22H31N3O4S2/c1-14(2)17-8-7-15(3)13-19(17)29-22(26)16-9-11-25(12-10-16)31(27,28)20-6-4-5-18-21(20)24-30-23-18/h4-6,14-17,19H,7-13H2,1-3H3/t15-,17-,19+/m0/s1. The monoisotopic (exact) mass is 465 g/mol. The molecule has 1 aromatic heterocycles. The highest BCUT2D eigenvalue weighted by molar-refractivity contribution is 7.89. The molecule has 31 heavy (non-hydrogen) atoms. The van der Waals surface area contributed by atoms with Gasteiger partial charge in [-0.25, -0.2) is 8.42 Å². The summed E-state index contributed by atoms with van der Waals surface area (Å²) < 4.78 is 42.2. The minimum Gasteiger partial charge on any atom is -0.462 e. The number of carbonyl (C=O) groups excluding carboxylic acids is 1. The second kappa shape index (κ2) is 9.11. The van der Waals surface area contributed by atoms with Gasteiger partial charge in [-0.15, -0.1) is 0 Å². The van der Waals surface area contributed by atoms with Gasteiger partial charge in [0.1, 0.15) is 22.0 Å². The van der Waals surface area contributed by atoms with Gasteiger partial charge in [0.15, 0.2) is 0 Å². The predicted octanol–water partition coefficient (Wildman–Crippen LogP) is 4.10. The summed E-state index contributed by atoms with van der Waals surface area (Å²) in [6.45, 7) is 7.24. The second-order valence-corrected chi connectivity index (χ2v) is 11.8. The zero-order chi connectivity index (χ0) is 22.2. The van der Waals surface area contributed by atoms with E-state index in [1.165, 1.54) is 10.7 Å². The molecular formula is C22H31N3O4S2. The number of ether oxygens (including phenoxy) is 1. The van der Waals surface area contributed by atoms with Crippen LogP contribution in [-0.4, -0.2) is 46.6 Å². The van der Waals surface area contributed by atoms with Gasteiger partial charge < -0.3 is 4.74 Å². The maximum Gasteiger partial charge on any atom is 0.309 e. The lowest BCUT2D eigenvalue weighted by Crippen LogP contribution is -2.42. The van der Waals surface area contributed by atoms with Crippen molar-refractivity contribution >= 4 is 38.8 Å². The van der Waals surface area contributed by atoms with Crippen molar-refractivity contribution in [2.24, 2.45) is 23.7 Å². The van der Waals surface area contributed by atoms with Crippen LogP contribution in [0.25, 0.3) is 11.0 Å². The van der Waals surface area contributed by atoms with Crippen molar-refractivity contribution in [3.8, 4) is 0 Å². The lowest BCUT2D eigenvalue weighted by Gasteiger charge is -2.38. The molecule has 4 rings (SSSR count). The Kier molecular flexibility index (Phi) is 6.65. The molecule has 1 aromatic carbocycles. The summed E-state index contributed by atoms with van der Waals surface area (Å²) in [5, 5.41) is 0. The molecule has 2 aliphatic rings. The molecule has 170 valence electrons. The summed E-state index contributed by atoms with van der Waals surface area (Å²) >= 11 is 1.01. The lowest BCUT2D eigenvalue weighted by atomic mass is 9.75. The highest BCUT2D eigenvalue weighted by Gasteiger charge is 2.37. The molecule has 1 aliphatic carbocycles. The number of rotatable bonds is 5. The predicted molar refractivity (Wildman–Crippen MR) is 120 cm³/mol. The molecule has 9 heteroatoms. The first-order valence-electron chi connectivity index (χ1n) is 11.2. The third-order valence-corrected chi connectivity index (χ3v) is 9.36. The molecule has 0 amide bonds. The topological polar surface area (TPSA) is 89.5 Å². The minimum absolute atomic E-state index is 0.0206. The first kappa shape index (κ1) is 22.6. The quantitative estimate of drug-likeness (QED) is 0.618. The van der Waals surface area contributed by atoms with Crippen molar-refractivity contribution in [3.05, 3.63) is 18.2 Å². The first-order valence-corrected chi connectivity index (χ1v) is 13.4. The van der Waals surface area contributed by atoms with E-state index in [0.29, 0.717) is 54.7 Å². The van der Waals surface area contributed by atoms with Crippen LogP contribution in [0.5, 0.6) is 0 Å². The molecule has 7 nitrogen and oxygen atoms in total. The van der Waals surface area contributed by atoms with Crippen molar-refractivity contribution in [2.75, 3.05) is 13.1 Å². The number of carbonyl (C=O) groups is 1. The van der Waals surface area contributed by atoms with E-state index in [1.807, 2.05) is 0 Å². The van der Waals surface area contributed by atoms with Crippen molar-refractivity contribution in [2.45, 2.75) is 63.9 Å². The second-order valence-electron chi connectivity index (χ2n) is 9.37. The Balaban J connectivity index is 1.40. The summed E-state index contributed by atoms with van der Waals surface area (Å²) in [5.74, 6) is 1.07. The fourth-order valence-corrected chi connectivity index (χ4v) is 7.18. The van der Waals surface area contributed by atoms with Crippen LogP contribution in [0.3, 0.4) is 0 Å². The molecule has 1 saturated heterocycles. The highest BCUT2D eigenvalue weighted by Crippen LogP contribution is 2.36. The number of benzene rings is 1. The van der Waals surface area contributed by atoms with Crippen LogP contribution in [0.4, 0.5) is 0 Å². The number of nitrogens with zero attached hydrogens (tertiary/aromatic N) is 3. The third-order valence-electron chi connectivity index (χ3n) is 6.88. The van der Waals surface area contributed by atoms with E-state index in [1.54, 1.807) is 18.2 Å². The number of hydrogen-bond acceptors (Lipinski definition) is 7. The minimum atomic E-state index is -3.68. The zero-order valence-corrected chi connectivity index (χ0v) is 20.0. The van der Waals surface area contributed by atoms with Crippen LogP contribution in [0.2, 0.25) is 0 Å². The Hall–Kier alpha value is -1.58. The molecule has 3 atom stereocenters. The summed E-state index contributed by atoms with van der Waals surface area (Å²) in [6.07, 6.45) is 4.16. The van der Waals surface area contributed by atoms with Crippen LogP contribution in [0.15, 0.2) is 23.1 Å². The van der Waals surface area contributed by atoms with E-state index in [-0.39, 0.29) is 22.9 Å². The molecule has 2 fully saturated rings. The SMILES string of the molecule is CC(C)[C@@H]1CC[C@H](C)C[C@H]1OC(=O)C1CCN(S(=O)(=O)c2cccc3nsnc23)CC1. The van der Waals surface area contributed by atoms with E-state index in [4.69, 9.17) is 4.74 Å². The van der Waals surface area contributed by atoms with Gasteiger partial charge in [-0.3, -0.25) is 4.79 Å². The van der Waals surface area contributed by atoms with Crippen LogP contribution in [0, 0.1) is 23.7 Å². The Morgan fingerprint density at radius 1 is 1.16 bits per heavy atom. The Labute approximate surface area is 188 Å². The molecule has 1 aliphatic heterocycles. The molecule has 0 N–H and O–H groups in total. The summed E-state index contributed by atoms with van der Waals surface area (Å²) in [6, 6.07) is 5.03. The third kappa shape index (κ3) is 4.64. The van der Waals surface area contributed by atoms with Crippen molar-refractivity contribution in [1.82, 2.24) is 13.1 Å². The van der Waals surface area contributed by atoms with Crippen molar-refractivity contribution in [1.29, 1.82) is 0 Å². The molecule has 0 unspecified atom stereocenters. The fraction of sp³-hybridized carbons (Fsp3) is 0.682. The van der Waals surface area contributed by atoms with Gasteiger partial charge in [-0.05, 0) is 55.6 Å². The van der Waals surface area contributed by atoms with Gasteiger partial charge in [0.25, 0.3) is 0 Å². The zero-order valence-electron chi connectivity index (χ0n) is 18.4. The van der Waals surface area contributed by atoms with E-state index in [2.05, 4.69) is 29.5 Å². The lowest BCUT2D eigenvalue weighted by molar-refractivity contribution is -0.162. The summed E-state index contributed by atoms with van der Waals surface area (Å²) in [7, 11) is -3.68. The van der Waals surface area contributed by atoms with E-state index in [9.17, 15) is 13.2 Å². The van der Waals surface area contributed by atoms with Gasteiger partial charge in [0.2, 0.25) is 10.0 Å². The van der Waals surface area contributed by atoms with Crippen LogP contribution < -0.4 is 0 Å². The number of aromatic nitrogens is 2. The van der Waals surface area contributed by atoms with Crippen LogP contribution in [-0.2, 0) is 19.6 Å². The van der Waals surface area contributed by atoms with Gasteiger partial charge in [0.05, 0.1) is 17.6 Å². The van der Waals surface area contributed by atoms with Crippen LogP contribution in [0.1, 0.15) is 52.9 Å². The number of hydrogen-bond donors (Lipinski definition) is 0. The van der Waals surface area contributed by atoms with E-state index < -0.39 is 10.0 Å². The molecule has 0 spiro atoms. The molecule has 2 heterocycles. The Morgan fingerprint density at radius 2 is 1.90 bits per heavy atom. The van der Waals surface area contributed by atoms with Crippen LogP contribution >= 0.6 is 11.7 Å². The first-order chi connectivity index (χ1) is 14.8. The number of piperidine rings is 1. The highest BCUT2D eigenvalue weighted by atomic mass is 32.2. The molecular weight excluding hydrogens is 434 g/mol. The Bertz CT molecular complexity index is 1030. The van der Waals surface area contributed by atoms with Gasteiger partial charge in [-0.2, -0.15) is 13.1 Å². The summed E-state index contributed by atoms with van der Waals surface area (Å²) in [4.78, 5) is 13.1. The van der Waals surface area contributed by atoms with E-state index in [0.717, 1.165) is 24.6 Å². The fourth-order valence-electron chi connectivity index (χ4n) is 4.96. The smallest absolute Gasteiger partial charge is 0.309 e. The van der Waals surface area contributed by atoms with Gasteiger partial charge in [-0.1, -0.05) is 33.3 Å². The Morgan fingerprint density at radius 3 is 2.61 bits per heavy atom. The average molecular weight is 466 g/mol. The molecule has 0 bridgehead atoms. The number of fused-ring (bicyclic) bond motifs is 1. The van der Waals surface area contributed by atoms with Gasteiger partial charge in [0, 0.05) is 13.1 Å². The average Bonchev–Trinajstić information content (AvgIpc) is 3.22. The van der Waals surface area contributed by atoms with Crippen molar-refractivity contribution in [3.63, 3.8) is 0 Å². The van der Waals surface area contributed by atoms with Gasteiger partial charge >= 0.3 is 5.97 Å². The maximum atomic E-state index is 13.2. The van der Waals surface area contributed by atoms with Crippen molar-refractivity contribution < 1.29 is 17.9 Å². The maximum absolute atomic E-state index is 13.2. The number of esters is 1. The largest absolute Gasteiger partial charge is 0.462 e. The number of sulfonamides is 1. The molecule has 2 aromatic rings. The normalized spacial score (nSPS) is 26.4. The molecule has 1 saturated carbocycles. The van der Waals surface area contributed by atoms with E-state index >= 15 is 0 Å².